The smallest absolute Gasteiger partial charge is 0.149 e. The van der Waals surface area contributed by atoms with Gasteiger partial charge in [-0.1, -0.05) is 131 Å². The molecule has 0 aliphatic carbocycles. The van der Waals surface area contributed by atoms with Crippen molar-refractivity contribution in [3.05, 3.63) is 211 Å². The van der Waals surface area contributed by atoms with E-state index in [2.05, 4.69) is 32.1 Å². The fourth-order valence-corrected chi connectivity index (χ4v) is 8.59. The molecular formula is C60H56Cl4N10O3. The van der Waals surface area contributed by atoms with Gasteiger partial charge in [-0.3, -0.25) is 9.36 Å². The quantitative estimate of drug-likeness (QED) is 0.0826. The average molecular weight is 1110 g/mol. The second-order valence-corrected chi connectivity index (χ2v) is 18.7. The van der Waals surface area contributed by atoms with Crippen LogP contribution in [0, 0.1) is 36.5 Å². The Kier molecular flexibility index (Phi) is 21.9. The fraction of sp³-hybridized carbons (Fsp3) is 0.167. The fourth-order valence-electron chi connectivity index (χ4n) is 7.66. The van der Waals surface area contributed by atoms with Gasteiger partial charge in [0.05, 0.1) is 57.7 Å². The molecule has 17 heteroatoms. The lowest BCUT2D eigenvalue weighted by Gasteiger charge is -2.05. The molecule has 13 nitrogen and oxygen atoms in total. The first kappa shape index (κ1) is 58.4. The molecule has 0 aliphatic rings. The third-order valence-electron chi connectivity index (χ3n) is 11.0. The standard InChI is InChI=1S/2C27H19Cl2N5.3C2H6O/c2*1-17-7-10-24-25(11-17)32-27(31-24)20(14-30)12-21-16-34(15-19-8-9-22(28)13-23(19)29)33-26(21)18-5-3-2-4-6-18;3*1-2-3/h2*2-13,16H,15H2,1H3,(H,31,32);3*3H,2H2,1H3/b2*20-12+;;;. The number of H-pyrrole nitrogens is 2. The van der Waals surface area contributed by atoms with Gasteiger partial charge < -0.3 is 25.3 Å². The van der Waals surface area contributed by atoms with Gasteiger partial charge in [-0.15, -0.1) is 0 Å². The van der Waals surface area contributed by atoms with E-state index >= 15 is 0 Å². The maximum atomic E-state index is 9.95. The van der Waals surface area contributed by atoms with E-state index < -0.39 is 0 Å². The molecule has 77 heavy (non-hydrogen) atoms. The van der Waals surface area contributed by atoms with Crippen molar-refractivity contribution in [2.75, 3.05) is 19.8 Å². The molecule has 0 unspecified atom stereocenters. The molecular weight excluding hydrogens is 1050 g/mol. The van der Waals surface area contributed by atoms with Crippen molar-refractivity contribution in [1.29, 1.82) is 10.5 Å². The highest BCUT2D eigenvalue weighted by atomic mass is 35.5. The Morgan fingerprint density at radius 2 is 0.896 bits per heavy atom. The Hall–Kier alpha value is -7.82. The normalized spacial score (nSPS) is 11.0. The number of rotatable bonds is 10. The highest BCUT2D eigenvalue weighted by Gasteiger charge is 2.17. The summed E-state index contributed by atoms with van der Waals surface area (Å²) in [6, 6.07) is 47.1. The average Bonchev–Trinajstić information content (AvgIpc) is 4.27. The van der Waals surface area contributed by atoms with E-state index in [-0.39, 0.29) is 19.8 Å². The Labute approximate surface area is 467 Å². The summed E-state index contributed by atoms with van der Waals surface area (Å²) in [5, 5.41) is 54.6. The van der Waals surface area contributed by atoms with Gasteiger partial charge in [0.25, 0.3) is 0 Å². The summed E-state index contributed by atoms with van der Waals surface area (Å²) in [7, 11) is 0. The number of nitrogens with one attached hydrogen (secondary N) is 2. The molecule has 4 aromatic heterocycles. The monoisotopic (exact) mass is 1100 g/mol. The van der Waals surface area contributed by atoms with Crippen molar-refractivity contribution in [2.24, 2.45) is 0 Å². The molecule has 392 valence electrons. The Bertz CT molecular complexity index is 3460. The van der Waals surface area contributed by atoms with Crippen LogP contribution in [-0.4, -0.2) is 74.6 Å². The summed E-state index contributed by atoms with van der Waals surface area (Å²) < 4.78 is 3.64. The minimum atomic E-state index is 0.250. The van der Waals surface area contributed by atoms with E-state index in [1.54, 1.807) is 32.9 Å². The highest BCUT2D eigenvalue weighted by Crippen LogP contribution is 2.31. The zero-order valence-corrected chi connectivity index (χ0v) is 46.0. The second-order valence-electron chi connectivity index (χ2n) is 17.0. The van der Waals surface area contributed by atoms with Crippen LogP contribution in [0.25, 0.3) is 67.9 Å². The van der Waals surface area contributed by atoms with Crippen LogP contribution in [0.15, 0.2) is 146 Å². The maximum Gasteiger partial charge on any atom is 0.149 e. The molecule has 0 atom stereocenters. The van der Waals surface area contributed by atoms with Crippen LogP contribution in [0.5, 0.6) is 0 Å². The van der Waals surface area contributed by atoms with Crippen molar-refractivity contribution >= 4 is 91.8 Å². The SMILES string of the molecule is CCO.CCO.CCO.Cc1ccc2nc(/C(C#N)=C/c3cn(Cc4ccc(Cl)cc4Cl)nc3-c3ccccc3)[nH]c2c1.Cc1ccc2nc(/C(C#N)=C/c3cn(Cc4ccc(Cl)cc4Cl)nc3-c3ccccc3)[nH]c2c1. The number of aromatic amines is 2. The topological polar surface area (TPSA) is 201 Å². The van der Waals surface area contributed by atoms with E-state index in [9.17, 15) is 10.5 Å². The van der Waals surface area contributed by atoms with Crippen molar-refractivity contribution in [2.45, 2.75) is 47.7 Å². The van der Waals surface area contributed by atoms with Crippen molar-refractivity contribution in [1.82, 2.24) is 39.5 Å². The minimum Gasteiger partial charge on any atom is -0.397 e. The molecule has 0 fully saturated rings. The Morgan fingerprint density at radius 1 is 0.532 bits per heavy atom. The van der Waals surface area contributed by atoms with Gasteiger partial charge >= 0.3 is 0 Å². The number of aliphatic hydroxyl groups excluding tert-OH is 3. The van der Waals surface area contributed by atoms with Gasteiger partial charge in [-0.05, 0) is 118 Å². The van der Waals surface area contributed by atoms with Crippen LogP contribution < -0.4 is 0 Å². The molecule has 0 aliphatic heterocycles. The molecule has 10 rings (SSSR count). The number of fused-ring (bicyclic) bond motifs is 2. The van der Waals surface area contributed by atoms with E-state index in [4.69, 9.17) is 71.9 Å². The summed E-state index contributed by atoms with van der Waals surface area (Å²) in [6.07, 6.45) is 7.47. The lowest BCUT2D eigenvalue weighted by molar-refractivity contribution is 0.318. The first-order valence-corrected chi connectivity index (χ1v) is 25.9. The highest BCUT2D eigenvalue weighted by molar-refractivity contribution is 6.35. The molecule has 0 spiro atoms. The lowest BCUT2D eigenvalue weighted by Crippen LogP contribution is -2.01. The third kappa shape index (κ3) is 16.1. The zero-order valence-electron chi connectivity index (χ0n) is 43.0. The van der Waals surface area contributed by atoms with E-state index in [1.807, 2.05) is 169 Å². The van der Waals surface area contributed by atoms with E-state index in [0.29, 0.717) is 56.0 Å². The van der Waals surface area contributed by atoms with Crippen LogP contribution in [0.1, 0.15) is 65.8 Å². The van der Waals surface area contributed by atoms with Crippen molar-refractivity contribution < 1.29 is 15.3 Å². The number of hydrogen-bond acceptors (Lipinski definition) is 9. The summed E-state index contributed by atoms with van der Waals surface area (Å²) >= 11 is 24.9. The van der Waals surface area contributed by atoms with Gasteiger partial charge in [0.15, 0.2) is 0 Å². The molecule has 0 saturated heterocycles. The van der Waals surface area contributed by atoms with E-state index in [1.165, 1.54) is 0 Å². The Balaban J connectivity index is 0.000000217. The Morgan fingerprint density at radius 3 is 1.23 bits per heavy atom. The van der Waals surface area contributed by atoms with Gasteiger partial charge in [0.1, 0.15) is 23.8 Å². The number of allylic oxidation sites excluding steroid dienone is 2. The molecule has 0 saturated carbocycles. The lowest BCUT2D eigenvalue weighted by atomic mass is 10.1. The van der Waals surface area contributed by atoms with Crippen LogP contribution in [0.4, 0.5) is 0 Å². The van der Waals surface area contributed by atoms with Crippen LogP contribution in [-0.2, 0) is 13.1 Å². The number of hydrogen-bond donors (Lipinski definition) is 5. The van der Waals surface area contributed by atoms with Crippen LogP contribution in [0.3, 0.4) is 0 Å². The molecule has 5 N–H and O–H groups in total. The predicted octanol–water partition coefficient (Wildman–Crippen LogP) is 14.3. The molecule has 0 bridgehead atoms. The minimum absolute atomic E-state index is 0.250. The number of halogens is 4. The number of aliphatic hydroxyl groups is 3. The molecule has 4 heterocycles. The summed E-state index contributed by atoms with van der Waals surface area (Å²) in [5.41, 5.74) is 13.4. The molecule has 6 aromatic carbocycles. The number of benzene rings is 6. The predicted molar refractivity (Wildman–Crippen MR) is 313 cm³/mol. The van der Waals surface area contributed by atoms with Gasteiger partial charge in [-0.2, -0.15) is 20.7 Å². The number of aromatic nitrogens is 8. The maximum absolute atomic E-state index is 9.95. The number of aryl methyl sites for hydroxylation is 2. The molecule has 0 amide bonds. The van der Waals surface area contributed by atoms with Gasteiger partial charge in [0.2, 0.25) is 0 Å². The molecule has 0 radical (unpaired) electrons. The van der Waals surface area contributed by atoms with Crippen molar-refractivity contribution in [3.8, 4) is 34.7 Å². The number of nitrogens with zero attached hydrogens (tertiary/aromatic N) is 8. The zero-order chi connectivity index (χ0) is 55.4. The summed E-state index contributed by atoms with van der Waals surface area (Å²) in [6.45, 7) is 10.8. The van der Waals surface area contributed by atoms with Crippen molar-refractivity contribution in [3.63, 3.8) is 0 Å². The van der Waals surface area contributed by atoms with Gasteiger partial charge in [-0.25, -0.2) is 9.97 Å². The second kappa shape index (κ2) is 28.9. The summed E-state index contributed by atoms with van der Waals surface area (Å²) in [4.78, 5) is 15.8. The molecule has 10 aromatic rings. The van der Waals surface area contributed by atoms with Crippen LogP contribution >= 0.6 is 46.4 Å². The van der Waals surface area contributed by atoms with E-state index in [0.717, 1.165) is 78.0 Å². The first-order valence-electron chi connectivity index (χ1n) is 24.4. The number of nitriles is 2. The van der Waals surface area contributed by atoms with Crippen LogP contribution in [0.2, 0.25) is 20.1 Å². The van der Waals surface area contributed by atoms with Gasteiger partial charge in [0, 0.05) is 74.6 Å². The first-order chi connectivity index (χ1) is 37.2. The summed E-state index contributed by atoms with van der Waals surface area (Å²) in [5.74, 6) is 1.05. The third-order valence-corrected chi connectivity index (χ3v) is 12.2. The largest absolute Gasteiger partial charge is 0.397 e. The number of imidazole rings is 2.